The monoisotopic (exact) mass is 273 g/mol. The van der Waals surface area contributed by atoms with Crippen LogP contribution in [0.2, 0.25) is 0 Å². The first kappa shape index (κ1) is 14.6. The van der Waals surface area contributed by atoms with E-state index in [-0.39, 0.29) is 12.4 Å². The van der Waals surface area contributed by atoms with Crippen molar-refractivity contribution in [2.75, 3.05) is 18.6 Å². The van der Waals surface area contributed by atoms with E-state index >= 15 is 0 Å². The highest BCUT2D eigenvalue weighted by Crippen LogP contribution is 2.07. The average molecular weight is 273 g/mol. The molecule has 0 heterocycles. The first-order valence-corrected chi connectivity index (χ1v) is 7.58. The molecule has 0 N–H and O–H groups in total. The molecule has 100 valence electrons. The van der Waals surface area contributed by atoms with Gasteiger partial charge in [0.15, 0.2) is 9.84 Å². The van der Waals surface area contributed by atoms with Crippen LogP contribution in [0.15, 0.2) is 24.3 Å². The number of hydrogen-bond acceptors (Lipinski definition) is 3. The summed E-state index contributed by atoms with van der Waals surface area (Å²) in [4.78, 5) is 13.2. The van der Waals surface area contributed by atoms with E-state index in [9.17, 15) is 17.6 Å². The summed E-state index contributed by atoms with van der Waals surface area (Å²) in [6, 6.07) is 5.77. The Morgan fingerprint density at radius 3 is 2.28 bits per heavy atom. The van der Waals surface area contributed by atoms with E-state index < -0.39 is 21.5 Å². The van der Waals surface area contributed by atoms with E-state index in [1.165, 1.54) is 17.0 Å². The normalized spacial score (nSPS) is 11.3. The Bertz CT molecular complexity index is 511. The smallest absolute Gasteiger partial charge is 0.238 e. The molecular formula is C12H16FNO3S. The van der Waals surface area contributed by atoms with Gasteiger partial charge in [-0.3, -0.25) is 4.79 Å². The highest BCUT2D eigenvalue weighted by atomic mass is 32.2. The van der Waals surface area contributed by atoms with E-state index in [2.05, 4.69) is 0 Å². The number of carbonyl (C=O) groups is 1. The van der Waals surface area contributed by atoms with Gasteiger partial charge in [-0.15, -0.1) is 0 Å². The van der Waals surface area contributed by atoms with Gasteiger partial charge in [0.2, 0.25) is 5.91 Å². The molecule has 0 aliphatic rings. The number of sulfone groups is 1. The van der Waals surface area contributed by atoms with Crippen molar-refractivity contribution in [1.82, 2.24) is 4.90 Å². The Morgan fingerprint density at radius 1 is 1.28 bits per heavy atom. The molecule has 0 bridgehead atoms. The van der Waals surface area contributed by atoms with Crippen LogP contribution in [0.4, 0.5) is 4.39 Å². The van der Waals surface area contributed by atoms with Gasteiger partial charge in [-0.2, -0.15) is 0 Å². The lowest BCUT2D eigenvalue weighted by Crippen LogP contribution is -2.34. The van der Waals surface area contributed by atoms with Crippen molar-refractivity contribution < 1.29 is 17.6 Å². The quantitative estimate of drug-likeness (QED) is 0.810. The van der Waals surface area contributed by atoms with Crippen LogP contribution in [0.1, 0.15) is 12.5 Å². The minimum absolute atomic E-state index is 0.283. The fourth-order valence-electron chi connectivity index (χ4n) is 1.50. The van der Waals surface area contributed by atoms with Crippen LogP contribution in [0.3, 0.4) is 0 Å². The van der Waals surface area contributed by atoms with Gasteiger partial charge in [-0.05, 0) is 24.6 Å². The molecule has 0 spiro atoms. The Balaban J connectivity index is 2.73. The zero-order valence-corrected chi connectivity index (χ0v) is 11.2. The van der Waals surface area contributed by atoms with E-state index in [0.717, 1.165) is 11.8 Å². The van der Waals surface area contributed by atoms with Crippen molar-refractivity contribution in [3.8, 4) is 0 Å². The van der Waals surface area contributed by atoms with Crippen LogP contribution >= 0.6 is 0 Å². The minimum atomic E-state index is -3.33. The molecular weight excluding hydrogens is 257 g/mol. The third kappa shape index (κ3) is 4.83. The molecule has 0 aliphatic carbocycles. The molecule has 4 nitrogen and oxygen atoms in total. The van der Waals surface area contributed by atoms with Gasteiger partial charge in [0, 0.05) is 19.3 Å². The molecule has 6 heteroatoms. The number of benzene rings is 1. The summed E-state index contributed by atoms with van der Waals surface area (Å²) in [6.45, 7) is 2.46. The Labute approximate surface area is 106 Å². The second kappa shape index (κ2) is 5.95. The van der Waals surface area contributed by atoms with Gasteiger partial charge in [0.1, 0.15) is 11.6 Å². The number of hydrogen-bond donors (Lipinski definition) is 0. The maximum absolute atomic E-state index is 12.7. The SMILES string of the molecule is CCN(Cc1ccc(F)cc1)C(=O)CS(C)(=O)=O. The Kier molecular flexibility index (Phi) is 4.84. The van der Waals surface area contributed by atoms with Gasteiger partial charge in [0.25, 0.3) is 0 Å². The number of nitrogens with zero attached hydrogens (tertiary/aromatic N) is 1. The molecule has 0 aliphatic heterocycles. The molecule has 0 atom stereocenters. The molecule has 1 amide bonds. The second-order valence-corrected chi connectivity index (χ2v) is 6.24. The van der Waals surface area contributed by atoms with Crippen molar-refractivity contribution in [1.29, 1.82) is 0 Å². The van der Waals surface area contributed by atoms with Crippen LogP contribution in [0, 0.1) is 5.82 Å². The summed E-state index contributed by atoms with van der Waals surface area (Å²) in [5.41, 5.74) is 0.764. The second-order valence-electron chi connectivity index (χ2n) is 4.10. The third-order valence-corrected chi connectivity index (χ3v) is 3.18. The predicted octanol–water partition coefficient (Wildman–Crippen LogP) is 1.22. The summed E-state index contributed by atoms with van der Waals surface area (Å²) in [5, 5.41) is 0. The molecule has 0 fully saturated rings. The van der Waals surface area contributed by atoms with Crippen molar-refractivity contribution in [2.45, 2.75) is 13.5 Å². The molecule has 1 rings (SSSR count). The van der Waals surface area contributed by atoms with Crippen molar-refractivity contribution in [3.05, 3.63) is 35.6 Å². The molecule has 0 aromatic heterocycles. The average Bonchev–Trinajstić information content (AvgIpc) is 2.25. The van der Waals surface area contributed by atoms with Crippen LogP contribution in [-0.2, 0) is 21.2 Å². The van der Waals surface area contributed by atoms with Gasteiger partial charge < -0.3 is 4.90 Å². The molecule has 0 saturated heterocycles. The zero-order chi connectivity index (χ0) is 13.8. The summed E-state index contributed by atoms with van der Waals surface area (Å²) in [6.07, 6.45) is 1.02. The van der Waals surface area contributed by atoms with Gasteiger partial charge >= 0.3 is 0 Å². The van der Waals surface area contributed by atoms with E-state index in [1.54, 1.807) is 19.1 Å². The summed E-state index contributed by atoms with van der Waals surface area (Å²) >= 11 is 0. The van der Waals surface area contributed by atoms with Gasteiger partial charge in [-0.25, -0.2) is 12.8 Å². The molecule has 0 unspecified atom stereocenters. The van der Waals surface area contributed by atoms with Crippen LogP contribution in [0.5, 0.6) is 0 Å². The van der Waals surface area contributed by atoms with E-state index in [0.29, 0.717) is 6.54 Å². The zero-order valence-electron chi connectivity index (χ0n) is 10.4. The number of rotatable bonds is 5. The number of amides is 1. The van der Waals surface area contributed by atoms with Gasteiger partial charge in [0.05, 0.1) is 0 Å². The molecule has 18 heavy (non-hydrogen) atoms. The minimum Gasteiger partial charge on any atom is -0.338 e. The van der Waals surface area contributed by atoms with Crippen LogP contribution in [0.25, 0.3) is 0 Å². The standard InChI is InChI=1S/C12H16FNO3S/c1-3-14(12(15)9-18(2,16)17)8-10-4-6-11(13)7-5-10/h4-7H,3,8-9H2,1-2H3. The van der Waals surface area contributed by atoms with Crippen LogP contribution in [-0.4, -0.2) is 37.8 Å². The summed E-state index contributed by atoms with van der Waals surface area (Å²) in [7, 11) is -3.33. The van der Waals surface area contributed by atoms with Crippen molar-refractivity contribution in [2.24, 2.45) is 0 Å². The third-order valence-electron chi connectivity index (χ3n) is 2.41. The number of carbonyl (C=O) groups excluding carboxylic acids is 1. The van der Waals surface area contributed by atoms with Crippen LogP contribution < -0.4 is 0 Å². The molecule has 1 aromatic carbocycles. The number of halogens is 1. The van der Waals surface area contributed by atoms with Crippen molar-refractivity contribution in [3.63, 3.8) is 0 Å². The first-order valence-electron chi connectivity index (χ1n) is 5.52. The lowest BCUT2D eigenvalue weighted by Gasteiger charge is -2.20. The fourth-order valence-corrected chi connectivity index (χ4v) is 2.13. The van der Waals surface area contributed by atoms with E-state index in [1.807, 2.05) is 0 Å². The van der Waals surface area contributed by atoms with E-state index in [4.69, 9.17) is 0 Å². The highest BCUT2D eigenvalue weighted by Gasteiger charge is 2.17. The predicted molar refractivity (Wildman–Crippen MR) is 67.2 cm³/mol. The summed E-state index contributed by atoms with van der Waals surface area (Å²) < 4.78 is 34.9. The van der Waals surface area contributed by atoms with Crippen molar-refractivity contribution >= 4 is 15.7 Å². The summed E-state index contributed by atoms with van der Waals surface area (Å²) in [5.74, 6) is -1.28. The lowest BCUT2D eigenvalue weighted by molar-refractivity contribution is -0.128. The molecule has 1 aromatic rings. The maximum atomic E-state index is 12.7. The highest BCUT2D eigenvalue weighted by molar-refractivity contribution is 7.91. The fraction of sp³-hybridized carbons (Fsp3) is 0.417. The van der Waals surface area contributed by atoms with Gasteiger partial charge in [-0.1, -0.05) is 12.1 Å². The molecule has 0 saturated carbocycles. The largest absolute Gasteiger partial charge is 0.338 e. The first-order chi connectivity index (χ1) is 8.31. The maximum Gasteiger partial charge on any atom is 0.238 e. The topological polar surface area (TPSA) is 54.5 Å². The molecule has 0 radical (unpaired) electrons. The Hall–Kier alpha value is -1.43. The Morgan fingerprint density at radius 2 is 1.83 bits per heavy atom. The lowest BCUT2D eigenvalue weighted by atomic mass is 10.2.